The lowest BCUT2D eigenvalue weighted by Gasteiger charge is -2.32. The van der Waals surface area contributed by atoms with Gasteiger partial charge >= 0.3 is 5.97 Å². The molecule has 1 atom stereocenters. The van der Waals surface area contributed by atoms with Gasteiger partial charge in [-0.3, -0.25) is 4.79 Å². The Labute approximate surface area is 183 Å². The first-order valence-electron chi connectivity index (χ1n) is 10.5. The van der Waals surface area contributed by atoms with E-state index >= 15 is 0 Å². The van der Waals surface area contributed by atoms with Gasteiger partial charge in [0.15, 0.2) is 0 Å². The highest BCUT2D eigenvalue weighted by Crippen LogP contribution is 2.24. The molecule has 7 nitrogen and oxygen atoms in total. The first-order valence-corrected chi connectivity index (χ1v) is 10.5. The molecule has 0 aliphatic rings. The molecular formula is C24H30N4O3. The monoisotopic (exact) mass is 422 g/mol. The SMILES string of the molecule is CCCCC(=O)N(Cc1ccc(-c2ccccc2C=NN=N)cc1)[C@H](C(=O)O)C(C)C. The average Bonchev–Trinajstić information content (AvgIpc) is 2.75. The number of carboxylic acid groups (broad SMARTS) is 1. The van der Waals surface area contributed by atoms with E-state index in [1.54, 1.807) is 0 Å². The second-order valence-corrected chi connectivity index (χ2v) is 7.78. The third-order valence-electron chi connectivity index (χ3n) is 5.12. The van der Waals surface area contributed by atoms with Crippen molar-refractivity contribution in [1.82, 2.24) is 4.90 Å². The second kappa shape index (κ2) is 11.7. The van der Waals surface area contributed by atoms with Crippen LogP contribution in [0.2, 0.25) is 0 Å². The van der Waals surface area contributed by atoms with Crippen LogP contribution in [-0.2, 0) is 16.1 Å². The minimum atomic E-state index is -0.982. The first-order chi connectivity index (χ1) is 14.9. The van der Waals surface area contributed by atoms with Crippen LogP contribution in [-0.4, -0.2) is 34.1 Å². The van der Waals surface area contributed by atoms with Crippen molar-refractivity contribution in [1.29, 1.82) is 5.53 Å². The number of rotatable bonds is 11. The summed E-state index contributed by atoms with van der Waals surface area (Å²) in [6.45, 7) is 5.90. The number of carbonyl (C=O) groups excluding carboxylic acids is 1. The minimum absolute atomic E-state index is 0.132. The first kappa shape index (κ1) is 23.9. The van der Waals surface area contributed by atoms with Crippen LogP contribution in [0.3, 0.4) is 0 Å². The molecule has 2 rings (SSSR count). The van der Waals surface area contributed by atoms with Gasteiger partial charge in [-0.25, -0.2) is 4.79 Å². The maximum atomic E-state index is 12.8. The van der Waals surface area contributed by atoms with Crippen molar-refractivity contribution in [3.63, 3.8) is 0 Å². The molecule has 31 heavy (non-hydrogen) atoms. The van der Waals surface area contributed by atoms with Crippen molar-refractivity contribution in [2.45, 2.75) is 52.6 Å². The number of aliphatic carboxylic acids is 1. The molecule has 0 unspecified atom stereocenters. The Bertz CT molecular complexity index is 923. The number of nitrogens with zero attached hydrogens (tertiary/aromatic N) is 3. The Morgan fingerprint density at radius 1 is 1.13 bits per heavy atom. The standard InChI is InChI=1S/C24H30N4O3/c1-4-5-10-22(29)28(23(17(2)3)24(30)31)16-18-11-13-19(14-12-18)21-9-7-6-8-20(21)15-26-27-25/h6-9,11-15,17,23,25H,4-5,10,16H2,1-3H3,(H,30,31)/t23-/m0/s1. The average molecular weight is 423 g/mol. The van der Waals surface area contributed by atoms with E-state index in [4.69, 9.17) is 5.53 Å². The van der Waals surface area contributed by atoms with Gasteiger partial charge in [-0.2, -0.15) is 5.53 Å². The van der Waals surface area contributed by atoms with E-state index in [2.05, 4.69) is 10.3 Å². The molecule has 1 amide bonds. The zero-order valence-electron chi connectivity index (χ0n) is 18.3. The number of carboxylic acids is 1. The third kappa shape index (κ3) is 6.57. The number of hydrogen-bond donors (Lipinski definition) is 2. The summed E-state index contributed by atoms with van der Waals surface area (Å²) < 4.78 is 0. The van der Waals surface area contributed by atoms with Crippen LogP contribution in [0.5, 0.6) is 0 Å². The molecule has 2 aromatic rings. The summed E-state index contributed by atoms with van der Waals surface area (Å²) in [5.74, 6) is -1.31. The largest absolute Gasteiger partial charge is 0.480 e. The van der Waals surface area contributed by atoms with Crippen molar-refractivity contribution in [2.24, 2.45) is 16.2 Å². The molecular weight excluding hydrogens is 392 g/mol. The van der Waals surface area contributed by atoms with Gasteiger partial charge in [0.1, 0.15) is 6.04 Å². The van der Waals surface area contributed by atoms with Crippen LogP contribution in [0, 0.1) is 11.4 Å². The Hall–Kier alpha value is -3.35. The van der Waals surface area contributed by atoms with Crippen molar-refractivity contribution in [3.05, 3.63) is 59.7 Å². The fourth-order valence-corrected chi connectivity index (χ4v) is 3.54. The molecule has 0 aliphatic carbocycles. The van der Waals surface area contributed by atoms with Crippen LogP contribution in [0.1, 0.15) is 51.2 Å². The third-order valence-corrected chi connectivity index (χ3v) is 5.12. The van der Waals surface area contributed by atoms with Crippen molar-refractivity contribution >= 4 is 18.1 Å². The predicted octanol–water partition coefficient (Wildman–Crippen LogP) is 5.35. The lowest BCUT2D eigenvalue weighted by Crippen LogP contribution is -2.47. The quantitative estimate of drug-likeness (QED) is 0.290. The Kier molecular flexibility index (Phi) is 9.06. The van der Waals surface area contributed by atoms with Gasteiger partial charge in [0.05, 0.1) is 6.21 Å². The number of hydrogen-bond acceptors (Lipinski definition) is 4. The zero-order valence-corrected chi connectivity index (χ0v) is 18.3. The molecule has 7 heteroatoms. The van der Waals surface area contributed by atoms with E-state index in [0.29, 0.717) is 6.42 Å². The Balaban J connectivity index is 2.31. The van der Waals surface area contributed by atoms with Gasteiger partial charge in [0.25, 0.3) is 0 Å². The molecule has 0 aliphatic heterocycles. The molecule has 2 N–H and O–H groups in total. The Morgan fingerprint density at radius 2 is 1.81 bits per heavy atom. The van der Waals surface area contributed by atoms with Gasteiger partial charge in [-0.05, 0) is 29.0 Å². The highest BCUT2D eigenvalue weighted by Gasteiger charge is 2.32. The summed E-state index contributed by atoms with van der Waals surface area (Å²) in [4.78, 5) is 26.2. The zero-order chi connectivity index (χ0) is 22.8. The fourth-order valence-electron chi connectivity index (χ4n) is 3.54. The molecule has 0 heterocycles. The molecule has 0 bridgehead atoms. The molecule has 164 valence electrons. The van der Waals surface area contributed by atoms with E-state index in [1.807, 2.05) is 69.3 Å². The molecule has 0 radical (unpaired) electrons. The lowest BCUT2D eigenvalue weighted by molar-refractivity contribution is -0.153. The minimum Gasteiger partial charge on any atom is -0.480 e. The highest BCUT2D eigenvalue weighted by molar-refractivity contribution is 5.90. The summed E-state index contributed by atoms with van der Waals surface area (Å²) in [5, 5.41) is 16.4. The highest BCUT2D eigenvalue weighted by atomic mass is 16.4. The van der Waals surface area contributed by atoms with Crippen LogP contribution in [0.4, 0.5) is 0 Å². The predicted molar refractivity (Wildman–Crippen MR) is 121 cm³/mol. The molecule has 0 spiro atoms. The maximum Gasteiger partial charge on any atom is 0.326 e. The second-order valence-electron chi connectivity index (χ2n) is 7.78. The van der Waals surface area contributed by atoms with Gasteiger partial charge in [0.2, 0.25) is 5.91 Å². The van der Waals surface area contributed by atoms with E-state index < -0.39 is 12.0 Å². The van der Waals surface area contributed by atoms with Crippen molar-refractivity contribution < 1.29 is 14.7 Å². The fraction of sp³-hybridized carbons (Fsp3) is 0.375. The number of carbonyl (C=O) groups is 2. The summed E-state index contributed by atoms with van der Waals surface area (Å²) in [5.41, 5.74) is 10.5. The molecule has 0 aromatic heterocycles. The summed E-state index contributed by atoms with van der Waals surface area (Å²) in [6, 6.07) is 14.5. The summed E-state index contributed by atoms with van der Waals surface area (Å²) in [6.07, 6.45) is 3.49. The molecule has 0 saturated heterocycles. The number of benzene rings is 2. The van der Waals surface area contributed by atoms with Gasteiger partial charge < -0.3 is 10.0 Å². The number of unbranched alkanes of at least 4 members (excludes halogenated alkanes) is 1. The topological polar surface area (TPSA) is 106 Å². The van der Waals surface area contributed by atoms with Crippen LogP contribution in [0.15, 0.2) is 58.9 Å². The van der Waals surface area contributed by atoms with Crippen LogP contribution in [0.25, 0.3) is 11.1 Å². The van der Waals surface area contributed by atoms with E-state index in [0.717, 1.165) is 35.1 Å². The smallest absolute Gasteiger partial charge is 0.326 e. The molecule has 0 fully saturated rings. The van der Waals surface area contributed by atoms with Gasteiger partial charge in [-0.15, -0.1) is 5.10 Å². The van der Waals surface area contributed by atoms with E-state index in [1.165, 1.54) is 11.1 Å². The normalized spacial score (nSPS) is 12.1. The van der Waals surface area contributed by atoms with Crippen molar-refractivity contribution in [2.75, 3.05) is 0 Å². The van der Waals surface area contributed by atoms with E-state index in [9.17, 15) is 14.7 Å². The lowest BCUT2D eigenvalue weighted by atomic mass is 9.98. The summed E-state index contributed by atoms with van der Waals surface area (Å²) in [7, 11) is 0. The number of nitrogens with one attached hydrogen (secondary N) is 1. The maximum absolute atomic E-state index is 12.8. The van der Waals surface area contributed by atoms with Crippen molar-refractivity contribution in [3.8, 4) is 11.1 Å². The van der Waals surface area contributed by atoms with Crippen LogP contribution < -0.4 is 0 Å². The number of amides is 1. The van der Waals surface area contributed by atoms with Gasteiger partial charge in [0, 0.05) is 18.5 Å². The van der Waals surface area contributed by atoms with E-state index in [-0.39, 0.29) is 18.4 Å². The van der Waals surface area contributed by atoms with Gasteiger partial charge in [-0.1, -0.05) is 80.9 Å². The van der Waals surface area contributed by atoms with Crippen LogP contribution >= 0.6 is 0 Å². The summed E-state index contributed by atoms with van der Waals surface area (Å²) >= 11 is 0. The molecule has 2 aromatic carbocycles. The Morgan fingerprint density at radius 3 is 2.39 bits per heavy atom. The molecule has 0 saturated carbocycles.